The second-order valence-corrected chi connectivity index (χ2v) is 13.1. The van der Waals surface area contributed by atoms with E-state index < -0.39 is 0 Å². The summed E-state index contributed by atoms with van der Waals surface area (Å²) < 4.78 is 0. The average Bonchev–Trinajstić information content (AvgIpc) is 3.09. The summed E-state index contributed by atoms with van der Waals surface area (Å²) in [6.45, 7) is 11.6. The van der Waals surface area contributed by atoms with Gasteiger partial charge in [-0.2, -0.15) is 0 Å². The van der Waals surface area contributed by atoms with Crippen LogP contribution < -0.4 is 16.0 Å². The molecular weight excluding hydrogens is 549 g/mol. The maximum Gasteiger partial charge on any atom is 0.256 e. The van der Waals surface area contributed by atoms with Gasteiger partial charge < -0.3 is 16.0 Å². The van der Waals surface area contributed by atoms with Gasteiger partial charge in [-0.1, -0.05) is 48.2 Å². The molecular formula is C33H38N4O2S2. The van der Waals surface area contributed by atoms with Crippen molar-refractivity contribution in [1.82, 2.24) is 10.6 Å². The van der Waals surface area contributed by atoms with Gasteiger partial charge in [0, 0.05) is 37.8 Å². The molecule has 3 N–H and O–H groups in total. The molecule has 0 spiro atoms. The highest BCUT2D eigenvalue weighted by atomic mass is 32.2. The number of hydrogen-bond acceptors (Lipinski definition) is 6. The van der Waals surface area contributed by atoms with Gasteiger partial charge in [-0.3, -0.25) is 14.6 Å². The van der Waals surface area contributed by atoms with Crippen molar-refractivity contribution in [1.29, 1.82) is 0 Å². The predicted octanol–water partition coefficient (Wildman–Crippen LogP) is 7.32. The van der Waals surface area contributed by atoms with Gasteiger partial charge in [-0.25, -0.2) is 0 Å². The van der Waals surface area contributed by atoms with E-state index in [1.54, 1.807) is 36.2 Å². The van der Waals surface area contributed by atoms with Crippen LogP contribution in [-0.4, -0.2) is 37.2 Å². The minimum absolute atomic E-state index is 0.170. The lowest BCUT2D eigenvalue weighted by Crippen LogP contribution is -2.36. The zero-order valence-electron chi connectivity index (χ0n) is 24.0. The van der Waals surface area contributed by atoms with E-state index in [1.807, 2.05) is 24.3 Å². The summed E-state index contributed by atoms with van der Waals surface area (Å²) in [5, 5.41) is 9.46. The Morgan fingerprint density at radius 2 is 1.78 bits per heavy atom. The molecule has 3 aromatic carbocycles. The van der Waals surface area contributed by atoms with Crippen LogP contribution in [0.5, 0.6) is 0 Å². The highest BCUT2D eigenvalue weighted by Gasteiger charge is 2.20. The van der Waals surface area contributed by atoms with Gasteiger partial charge in [0.25, 0.3) is 11.8 Å². The van der Waals surface area contributed by atoms with Crippen molar-refractivity contribution in [3.05, 3.63) is 100 Å². The van der Waals surface area contributed by atoms with Crippen molar-refractivity contribution in [3.63, 3.8) is 0 Å². The van der Waals surface area contributed by atoms with Gasteiger partial charge >= 0.3 is 0 Å². The largest absolute Gasteiger partial charge is 0.347 e. The first-order valence-electron chi connectivity index (χ1n) is 13.8. The van der Waals surface area contributed by atoms with Crippen LogP contribution in [0, 0.1) is 0 Å². The van der Waals surface area contributed by atoms with E-state index in [1.165, 1.54) is 22.9 Å². The zero-order chi connectivity index (χ0) is 29.2. The second kappa shape index (κ2) is 14.5. The summed E-state index contributed by atoms with van der Waals surface area (Å²) in [6, 6.07) is 21.6. The van der Waals surface area contributed by atoms with Crippen molar-refractivity contribution in [2.45, 2.75) is 61.1 Å². The fraction of sp³-hybridized carbons (Fsp3) is 0.303. The molecule has 0 radical (unpaired) electrons. The number of nitrogens with one attached hydrogen (secondary N) is 3. The van der Waals surface area contributed by atoms with Crippen LogP contribution in [-0.2, 0) is 12.2 Å². The standard InChI is InChI=1S/C33H38N4O2S2/c1-33(2,3)36-18-8-7-9-23-12-14-24(15-13-23)22-40-26(20-34-4)21-35-31(38)25-16-17-30-28(19-25)37-32(39)27-10-5-6-11-29(27)41-30/h5-6,10-17,19-20,36H,4,7-9,18,21-22H2,1-3H3,(H,35,38)(H,37,39)/b26-20-. The van der Waals surface area contributed by atoms with Crippen molar-refractivity contribution in [3.8, 4) is 0 Å². The number of hydrogen-bond donors (Lipinski definition) is 3. The maximum absolute atomic E-state index is 13.0. The molecule has 6 nitrogen and oxygen atoms in total. The lowest BCUT2D eigenvalue weighted by atomic mass is 10.1. The van der Waals surface area contributed by atoms with E-state index in [2.05, 4.69) is 72.7 Å². The fourth-order valence-corrected chi connectivity index (χ4v) is 6.19. The molecule has 1 aliphatic rings. The highest BCUT2D eigenvalue weighted by molar-refractivity contribution is 8.02. The van der Waals surface area contributed by atoms with E-state index in [0.29, 0.717) is 23.4 Å². The maximum atomic E-state index is 13.0. The lowest BCUT2D eigenvalue weighted by Gasteiger charge is -2.20. The van der Waals surface area contributed by atoms with E-state index in [4.69, 9.17) is 0 Å². The molecule has 0 bridgehead atoms. The second-order valence-electron chi connectivity index (χ2n) is 11.0. The Labute approximate surface area is 251 Å². The van der Waals surface area contributed by atoms with Crippen molar-refractivity contribution >= 4 is 47.7 Å². The van der Waals surface area contributed by atoms with Gasteiger partial charge in [0.05, 0.1) is 17.8 Å². The molecule has 1 heterocycles. The molecule has 0 atom stereocenters. The molecule has 4 rings (SSSR count). The third-order valence-corrected chi connectivity index (χ3v) is 8.74. The summed E-state index contributed by atoms with van der Waals surface area (Å²) in [6.07, 6.45) is 5.10. The summed E-state index contributed by atoms with van der Waals surface area (Å²) in [4.78, 5) is 32.3. The molecule has 2 amide bonds. The average molecular weight is 587 g/mol. The third-order valence-electron chi connectivity index (χ3n) is 6.49. The van der Waals surface area contributed by atoms with Gasteiger partial charge in [-0.05, 0) is 94.8 Å². The monoisotopic (exact) mass is 586 g/mol. The number of nitrogens with zero attached hydrogens (tertiary/aromatic N) is 1. The zero-order valence-corrected chi connectivity index (χ0v) is 25.6. The van der Waals surface area contributed by atoms with Crippen LogP contribution in [0.25, 0.3) is 0 Å². The summed E-state index contributed by atoms with van der Waals surface area (Å²) in [7, 11) is 0. The van der Waals surface area contributed by atoms with E-state index in [9.17, 15) is 9.59 Å². The topological polar surface area (TPSA) is 82.6 Å². The first-order valence-corrected chi connectivity index (χ1v) is 15.6. The Kier molecular flexibility index (Phi) is 10.9. The number of anilines is 1. The molecule has 214 valence electrons. The molecule has 0 aliphatic carbocycles. The summed E-state index contributed by atoms with van der Waals surface area (Å²) in [5.41, 5.74) is 4.48. The number of carbonyl (C=O) groups excluding carboxylic acids is 2. The number of amides is 2. The molecule has 3 aromatic rings. The third kappa shape index (κ3) is 9.35. The summed E-state index contributed by atoms with van der Waals surface area (Å²) in [5.74, 6) is 0.381. The minimum atomic E-state index is -0.216. The summed E-state index contributed by atoms with van der Waals surface area (Å²) >= 11 is 3.15. The Morgan fingerprint density at radius 3 is 2.54 bits per heavy atom. The van der Waals surface area contributed by atoms with Crippen molar-refractivity contribution in [2.75, 3.05) is 18.4 Å². The Bertz CT molecular complexity index is 1410. The molecule has 0 saturated heterocycles. The predicted molar refractivity (Wildman–Crippen MR) is 173 cm³/mol. The van der Waals surface area contributed by atoms with Gasteiger partial charge in [-0.15, -0.1) is 11.8 Å². The minimum Gasteiger partial charge on any atom is -0.347 e. The van der Waals surface area contributed by atoms with E-state index in [-0.39, 0.29) is 17.4 Å². The Balaban J connectivity index is 1.26. The Morgan fingerprint density at radius 1 is 1.02 bits per heavy atom. The quantitative estimate of drug-likeness (QED) is 0.153. The van der Waals surface area contributed by atoms with Gasteiger partial charge in [0.15, 0.2) is 0 Å². The number of rotatable bonds is 12. The lowest BCUT2D eigenvalue weighted by molar-refractivity contribution is 0.0956. The Hall–Kier alpha value is -3.33. The molecule has 0 aromatic heterocycles. The first-order chi connectivity index (χ1) is 19.7. The van der Waals surface area contributed by atoms with Crippen LogP contribution in [0.2, 0.25) is 0 Å². The SMILES string of the molecule is C=N/C=C(/CNC(=O)c1ccc2c(c1)NC(=O)c1ccccc1S2)SCc1ccc(CCCCNC(C)(C)C)cc1. The molecule has 41 heavy (non-hydrogen) atoms. The number of unbranched alkanes of at least 4 members (excludes halogenated alkanes) is 1. The molecule has 8 heteroatoms. The molecule has 0 fully saturated rings. The number of benzene rings is 3. The number of carbonyl (C=O) groups is 2. The van der Waals surface area contributed by atoms with Crippen molar-refractivity contribution in [2.24, 2.45) is 4.99 Å². The number of aryl methyl sites for hydroxylation is 1. The smallest absolute Gasteiger partial charge is 0.256 e. The number of fused-ring (bicyclic) bond motifs is 2. The van der Waals surface area contributed by atoms with Gasteiger partial charge in [0.1, 0.15) is 0 Å². The van der Waals surface area contributed by atoms with E-state index in [0.717, 1.165) is 46.3 Å². The molecule has 1 aliphatic heterocycles. The van der Waals surface area contributed by atoms with Crippen LogP contribution in [0.15, 0.2) is 92.6 Å². The van der Waals surface area contributed by atoms with E-state index >= 15 is 0 Å². The normalized spacial score (nSPS) is 13.0. The van der Waals surface area contributed by atoms with Crippen LogP contribution >= 0.6 is 23.5 Å². The number of aliphatic imine (C=N–C) groups is 1. The molecule has 0 unspecified atom stereocenters. The number of thioether (sulfide) groups is 1. The van der Waals surface area contributed by atoms with Gasteiger partial charge in [0.2, 0.25) is 0 Å². The first kappa shape index (κ1) is 30.6. The molecule has 0 saturated carbocycles. The van der Waals surface area contributed by atoms with Crippen molar-refractivity contribution < 1.29 is 9.59 Å². The fourth-order valence-electron chi connectivity index (χ4n) is 4.31. The van der Waals surface area contributed by atoms with Crippen LogP contribution in [0.3, 0.4) is 0 Å². The van der Waals surface area contributed by atoms with Crippen LogP contribution in [0.1, 0.15) is 65.5 Å². The highest BCUT2D eigenvalue weighted by Crippen LogP contribution is 2.39. The van der Waals surface area contributed by atoms with Crippen LogP contribution in [0.4, 0.5) is 5.69 Å².